The van der Waals surface area contributed by atoms with E-state index in [9.17, 15) is 4.79 Å². The molecule has 0 aromatic carbocycles. The van der Waals surface area contributed by atoms with E-state index in [1.54, 1.807) is 4.90 Å². The second kappa shape index (κ2) is 5.47. The minimum Gasteiger partial charge on any atom is -0.387 e. The molecule has 0 unspecified atom stereocenters. The van der Waals surface area contributed by atoms with Gasteiger partial charge in [0, 0.05) is 12.6 Å². The Morgan fingerprint density at radius 2 is 2.27 bits per heavy atom. The van der Waals surface area contributed by atoms with Crippen LogP contribution < -0.4 is 0 Å². The summed E-state index contributed by atoms with van der Waals surface area (Å²) in [6.45, 7) is 6.35. The summed E-state index contributed by atoms with van der Waals surface area (Å²) < 4.78 is 5.72. The van der Waals surface area contributed by atoms with Crippen LogP contribution in [0.1, 0.15) is 33.6 Å². The van der Waals surface area contributed by atoms with Gasteiger partial charge in [0.15, 0.2) is 0 Å². The van der Waals surface area contributed by atoms with Crippen molar-refractivity contribution in [3.05, 3.63) is 0 Å². The predicted molar refractivity (Wildman–Crippen MR) is 57.5 cm³/mol. The Labute approximate surface area is 91.2 Å². The molecule has 0 aromatic rings. The molecule has 0 spiro atoms. The number of piperidine rings is 1. The number of aliphatic hydroxyl groups excluding tert-OH is 1. The van der Waals surface area contributed by atoms with Gasteiger partial charge in [0.05, 0.1) is 12.2 Å². The van der Waals surface area contributed by atoms with E-state index in [2.05, 4.69) is 0 Å². The maximum atomic E-state index is 11.3. The number of hydrogen-bond acceptors (Lipinski definition) is 3. The molecule has 1 fully saturated rings. The van der Waals surface area contributed by atoms with Crippen molar-refractivity contribution >= 4 is 5.91 Å². The Kier molecular flexibility index (Phi) is 4.54. The Hall–Kier alpha value is -0.610. The summed E-state index contributed by atoms with van der Waals surface area (Å²) in [5, 5.41) is 8.79. The molecule has 1 N–H and O–H groups in total. The third-order valence-corrected chi connectivity index (χ3v) is 2.75. The van der Waals surface area contributed by atoms with Crippen molar-refractivity contribution < 1.29 is 14.6 Å². The SMILES string of the molecule is CC(C)O[C@H]1CCN(C(=O)CO)[C@@H](C)C1. The van der Waals surface area contributed by atoms with Gasteiger partial charge in [-0.2, -0.15) is 0 Å². The van der Waals surface area contributed by atoms with E-state index in [-0.39, 0.29) is 30.8 Å². The van der Waals surface area contributed by atoms with Gasteiger partial charge in [-0.15, -0.1) is 0 Å². The first-order chi connectivity index (χ1) is 7.04. The number of rotatable bonds is 3. The summed E-state index contributed by atoms with van der Waals surface area (Å²) in [5.74, 6) is -0.175. The van der Waals surface area contributed by atoms with E-state index in [1.807, 2.05) is 20.8 Å². The van der Waals surface area contributed by atoms with Gasteiger partial charge in [-0.1, -0.05) is 0 Å². The fraction of sp³-hybridized carbons (Fsp3) is 0.909. The van der Waals surface area contributed by atoms with Crippen molar-refractivity contribution in [2.75, 3.05) is 13.2 Å². The topological polar surface area (TPSA) is 49.8 Å². The number of ether oxygens (including phenoxy) is 1. The minimum atomic E-state index is -0.389. The van der Waals surface area contributed by atoms with Crippen LogP contribution in [0, 0.1) is 0 Å². The van der Waals surface area contributed by atoms with Gasteiger partial charge in [0.25, 0.3) is 0 Å². The summed E-state index contributed by atoms with van der Waals surface area (Å²) in [6.07, 6.45) is 2.23. The number of nitrogens with zero attached hydrogens (tertiary/aromatic N) is 1. The van der Waals surface area contributed by atoms with Gasteiger partial charge in [-0.25, -0.2) is 0 Å². The number of carbonyl (C=O) groups excluding carboxylic acids is 1. The molecule has 1 aliphatic heterocycles. The molecule has 0 radical (unpaired) electrons. The van der Waals surface area contributed by atoms with Crippen LogP contribution in [-0.4, -0.2) is 47.3 Å². The largest absolute Gasteiger partial charge is 0.387 e. The van der Waals surface area contributed by atoms with Gasteiger partial charge in [0.2, 0.25) is 5.91 Å². The lowest BCUT2D eigenvalue weighted by Crippen LogP contribution is -2.48. The molecule has 1 amide bonds. The van der Waals surface area contributed by atoms with Crippen molar-refractivity contribution in [3.63, 3.8) is 0 Å². The van der Waals surface area contributed by atoms with Crippen LogP contribution in [-0.2, 0) is 9.53 Å². The van der Waals surface area contributed by atoms with Crippen LogP contribution in [0.5, 0.6) is 0 Å². The number of aliphatic hydroxyl groups is 1. The number of amides is 1. The van der Waals surface area contributed by atoms with Crippen molar-refractivity contribution in [1.82, 2.24) is 4.90 Å². The average Bonchev–Trinajstić information content (AvgIpc) is 2.16. The monoisotopic (exact) mass is 215 g/mol. The van der Waals surface area contributed by atoms with Crippen molar-refractivity contribution in [2.45, 2.75) is 51.9 Å². The fourth-order valence-corrected chi connectivity index (χ4v) is 2.10. The summed E-state index contributed by atoms with van der Waals surface area (Å²) >= 11 is 0. The number of hydrogen-bond donors (Lipinski definition) is 1. The van der Waals surface area contributed by atoms with Crippen LogP contribution in [0.2, 0.25) is 0 Å². The predicted octanol–water partition coefficient (Wildman–Crippen LogP) is 0.783. The minimum absolute atomic E-state index is 0.169. The molecule has 4 heteroatoms. The van der Waals surface area contributed by atoms with Crippen molar-refractivity contribution in [3.8, 4) is 0 Å². The zero-order valence-corrected chi connectivity index (χ0v) is 9.77. The lowest BCUT2D eigenvalue weighted by atomic mass is 10.0. The highest BCUT2D eigenvalue weighted by Gasteiger charge is 2.28. The van der Waals surface area contributed by atoms with Crippen molar-refractivity contribution in [1.29, 1.82) is 0 Å². The van der Waals surface area contributed by atoms with Crippen LogP contribution in [0.4, 0.5) is 0 Å². The third-order valence-electron chi connectivity index (χ3n) is 2.75. The highest BCUT2D eigenvalue weighted by Crippen LogP contribution is 2.20. The van der Waals surface area contributed by atoms with E-state index in [1.165, 1.54) is 0 Å². The average molecular weight is 215 g/mol. The van der Waals surface area contributed by atoms with E-state index < -0.39 is 0 Å². The van der Waals surface area contributed by atoms with E-state index in [0.717, 1.165) is 12.8 Å². The molecule has 15 heavy (non-hydrogen) atoms. The van der Waals surface area contributed by atoms with Gasteiger partial charge in [0.1, 0.15) is 6.61 Å². The summed E-state index contributed by atoms with van der Waals surface area (Å²) in [4.78, 5) is 13.1. The maximum Gasteiger partial charge on any atom is 0.248 e. The standard InChI is InChI=1S/C11H21NO3/c1-8(2)15-10-4-5-12(9(3)6-10)11(14)7-13/h8-10,13H,4-7H2,1-3H3/t9-,10-/m0/s1. The van der Waals surface area contributed by atoms with Gasteiger partial charge in [-0.3, -0.25) is 4.79 Å². The molecule has 88 valence electrons. The normalized spacial score (nSPS) is 27.1. The quantitative estimate of drug-likeness (QED) is 0.757. The smallest absolute Gasteiger partial charge is 0.248 e. The maximum absolute atomic E-state index is 11.3. The molecule has 4 nitrogen and oxygen atoms in total. The Morgan fingerprint density at radius 3 is 2.73 bits per heavy atom. The number of likely N-dealkylation sites (tertiary alicyclic amines) is 1. The molecule has 1 rings (SSSR count). The van der Waals surface area contributed by atoms with Gasteiger partial charge >= 0.3 is 0 Å². The van der Waals surface area contributed by atoms with Crippen LogP contribution >= 0.6 is 0 Å². The lowest BCUT2D eigenvalue weighted by molar-refractivity contribution is -0.140. The molecule has 0 saturated carbocycles. The second-order valence-corrected chi connectivity index (χ2v) is 4.43. The highest BCUT2D eigenvalue weighted by molar-refractivity contribution is 5.77. The van der Waals surface area contributed by atoms with Crippen LogP contribution in [0.3, 0.4) is 0 Å². The first kappa shape index (κ1) is 12.5. The molecule has 0 aromatic heterocycles. The van der Waals surface area contributed by atoms with Crippen molar-refractivity contribution in [2.24, 2.45) is 0 Å². The fourth-order valence-electron chi connectivity index (χ4n) is 2.10. The van der Waals surface area contributed by atoms with Crippen LogP contribution in [0.25, 0.3) is 0 Å². The summed E-state index contributed by atoms with van der Waals surface area (Å²) in [6, 6.07) is 0.169. The molecular weight excluding hydrogens is 194 g/mol. The Balaban J connectivity index is 2.44. The van der Waals surface area contributed by atoms with Crippen LogP contribution in [0.15, 0.2) is 0 Å². The molecular formula is C11H21NO3. The van der Waals surface area contributed by atoms with E-state index in [4.69, 9.17) is 9.84 Å². The molecule has 0 bridgehead atoms. The zero-order valence-electron chi connectivity index (χ0n) is 9.77. The second-order valence-electron chi connectivity index (χ2n) is 4.43. The molecule has 1 aliphatic rings. The summed E-state index contributed by atoms with van der Waals surface area (Å²) in [5.41, 5.74) is 0. The molecule has 2 atom stereocenters. The summed E-state index contributed by atoms with van der Waals surface area (Å²) in [7, 11) is 0. The van der Waals surface area contributed by atoms with E-state index >= 15 is 0 Å². The third kappa shape index (κ3) is 3.47. The van der Waals surface area contributed by atoms with Gasteiger partial charge < -0.3 is 14.7 Å². The highest BCUT2D eigenvalue weighted by atomic mass is 16.5. The zero-order chi connectivity index (χ0) is 11.4. The first-order valence-electron chi connectivity index (χ1n) is 5.60. The molecule has 1 heterocycles. The Morgan fingerprint density at radius 1 is 1.60 bits per heavy atom. The van der Waals surface area contributed by atoms with Gasteiger partial charge in [-0.05, 0) is 33.6 Å². The number of carbonyl (C=O) groups is 1. The Bertz CT molecular complexity index is 218. The van der Waals surface area contributed by atoms with E-state index in [0.29, 0.717) is 6.54 Å². The first-order valence-corrected chi connectivity index (χ1v) is 5.60. The lowest BCUT2D eigenvalue weighted by Gasteiger charge is -2.37. The molecule has 1 saturated heterocycles. The molecule has 0 aliphatic carbocycles.